The van der Waals surface area contributed by atoms with Gasteiger partial charge in [0.25, 0.3) is 0 Å². The summed E-state index contributed by atoms with van der Waals surface area (Å²) in [5.41, 5.74) is 3.60. The minimum Gasteiger partial charge on any atom is -0.324 e. The molecule has 1 aliphatic rings. The van der Waals surface area contributed by atoms with Gasteiger partial charge in [0.05, 0.1) is 16.9 Å². The summed E-state index contributed by atoms with van der Waals surface area (Å²) < 4.78 is 2.38. The summed E-state index contributed by atoms with van der Waals surface area (Å²) in [6.45, 7) is 4.36. The van der Waals surface area contributed by atoms with E-state index in [2.05, 4.69) is 41.6 Å². The highest BCUT2D eigenvalue weighted by Gasteiger charge is 2.39. The molecule has 3 rings (SSSR count). The lowest BCUT2D eigenvalue weighted by Crippen LogP contribution is -2.01. The summed E-state index contributed by atoms with van der Waals surface area (Å²) in [4.78, 5) is 4.68. The predicted molar refractivity (Wildman–Crippen MR) is 76.1 cm³/mol. The van der Waals surface area contributed by atoms with Gasteiger partial charge < -0.3 is 4.57 Å². The molecule has 1 aliphatic carbocycles. The lowest BCUT2D eigenvalue weighted by molar-refractivity contribution is 0.606. The Morgan fingerprint density at radius 2 is 2.28 bits per heavy atom. The maximum Gasteiger partial charge on any atom is 0.125 e. The maximum atomic E-state index is 6.06. The van der Waals surface area contributed by atoms with Crippen LogP contribution in [0.3, 0.4) is 0 Å². The quantitative estimate of drug-likeness (QED) is 0.745. The third-order valence-electron chi connectivity index (χ3n) is 3.91. The van der Waals surface area contributed by atoms with Crippen LogP contribution < -0.4 is 0 Å². The smallest absolute Gasteiger partial charge is 0.125 e. The fraction of sp³-hybridized carbons (Fsp3) is 0.533. The van der Waals surface area contributed by atoms with E-state index in [1.54, 1.807) is 0 Å². The van der Waals surface area contributed by atoms with Crippen LogP contribution in [0, 0.1) is 12.8 Å². The van der Waals surface area contributed by atoms with Gasteiger partial charge in [-0.3, -0.25) is 0 Å². The zero-order chi connectivity index (χ0) is 12.7. The van der Waals surface area contributed by atoms with Crippen molar-refractivity contribution in [3.63, 3.8) is 0 Å². The summed E-state index contributed by atoms with van der Waals surface area (Å²) >= 11 is 6.06. The van der Waals surface area contributed by atoms with E-state index in [-0.39, 0.29) is 0 Å². The number of alkyl halides is 1. The van der Waals surface area contributed by atoms with Gasteiger partial charge in [0.15, 0.2) is 0 Å². The second kappa shape index (κ2) is 4.58. The summed E-state index contributed by atoms with van der Waals surface area (Å²) in [5, 5.41) is 0. The Hall–Kier alpha value is -1.02. The fourth-order valence-electron chi connectivity index (χ4n) is 2.95. The molecule has 1 heterocycles. The van der Waals surface area contributed by atoms with Crippen LogP contribution in [0.1, 0.15) is 43.6 Å². The van der Waals surface area contributed by atoms with E-state index in [1.807, 2.05) is 0 Å². The van der Waals surface area contributed by atoms with Gasteiger partial charge in [-0.2, -0.15) is 0 Å². The van der Waals surface area contributed by atoms with E-state index in [4.69, 9.17) is 11.6 Å². The minimum absolute atomic E-state index is 0.503. The van der Waals surface area contributed by atoms with Gasteiger partial charge in [-0.05, 0) is 43.4 Å². The van der Waals surface area contributed by atoms with Crippen LogP contribution in [0.4, 0.5) is 0 Å². The molecule has 2 nitrogen and oxygen atoms in total. The second-order valence-corrected chi connectivity index (χ2v) is 5.64. The first-order valence-electron chi connectivity index (χ1n) is 6.78. The van der Waals surface area contributed by atoms with Crippen molar-refractivity contribution in [3.05, 3.63) is 29.6 Å². The number of aryl methyl sites for hydroxylation is 1. The topological polar surface area (TPSA) is 17.8 Å². The Balaban J connectivity index is 2.04. The number of halogens is 1. The van der Waals surface area contributed by atoms with E-state index in [0.29, 0.717) is 11.9 Å². The molecule has 0 aliphatic heterocycles. The van der Waals surface area contributed by atoms with Gasteiger partial charge in [0.2, 0.25) is 0 Å². The molecule has 1 aromatic heterocycles. The van der Waals surface area contributed by atoms with Crippen molar-refractivity contribution in [2.24, 2.45) is 5.92 Å². The van der Waals surface area contributed by atoms with E-state index >= 15 is 0 Å². The minimum atomic E-state index is 0.503. The molecule has 96 valence electrons. The molecule has 0 N–H and O–H groups in total. The average Bonchev–Trinajstić information content (AvgIpc) is 3.01. The van der Waals surface area contributed by atoms with Crippen molar-refractivity contribution in [3.8, 4) is 0 Å². The molecule has 0 radical (unpaired) electrons. The summed E-state index contributed by atoms with van der Waals surface area (Å²) in [6.07, 6.45) is 3.87. The standard InChI is InChI=1S/C15H19ClN2/c1-3-4-11-8-14(11)18-13-6-5-10(2)7-12(13)17-15(18)9-16/h5-7,11,14H,3-4,8-9H2,1-2H3. The van der Waals surface area contributed by atoms with Crippen molar-refractivity contribution < 1.29 is 0 Å². The van der Waals surface area contributed by atoms with Crippen molar-refractivity contribution in [1.82, 2.24) is 9.55 Å². The highest BCUT2D eigenvalue weighted by atomic mass is 35.5. The molecule has 2 unspecified atom stereocenters. The molecule has 1 aromatic carbocycles. The molecule has 3 heteroatoms. The maximum absolute atomic E-state index is 6.06. The Kier molecular flexibility index (Phi) is 3.06. The lowest BCUT2D eigenvalue weighted by Gasteiger charge is -2.07. The van der Waals surface area contributed by atoms with E-state index in [1.165, 1.54) is 30.3 Å². The molecule has 1 saturated carbocycles. The van der Waals surface area contributed by atoms with Gasteiger partial charge >= 0.3 is 0 Å². The van der Waals surface area contributed by atoms with Crippen LogP contribution >= 0.6 is 11.6 Å². The molecular weight excluding hydrogens is 244 g/mol. The summed E-state index contributed by atoms with van der Waals surface area (Å²) in [5.74, 6) is 2.36. The highest BCUT2D eigenvalue weighted by molar-refractivity contribution is 6.16. The molecule has 0 saturated heterocycles. The Morgan fingerprint density at radius 1 is 1.44 bits per heavy atom. The van der Waals surface area contributed by atoms with Gasteiger partial charge in [0.1, 0.15) is 5.82 Å². The van der Waals surface area contributed by atoms with E-state index in [0.717, 1.165) is 17.3 Å². The lowest BCUT2D eigenvalue weighted by atomic mass is 10.2. The fourth-order valence-corrected chi connectivity index (χ4v) is 3.14. The first kappa shape index (κ1) is 12.0. The number of nitrogens with zero attached hydrogens (tertiary/aromatic N) is 2. The van der Waals surface area contributed by atoms with E-state index in [9.17, 15) is 0 Å². The zero-order valence-electron chi connectivity index (χ0n) is 11.0. The average molecular weight is 263 g/mol. The number of imidazole rings is 1. The van der Waals surface area contributed by atoms with Gasteiger partial charge in [0, 0.05) is 6.04 Å². The Labute approximate surface area is 113 Å². The zero-order valence-corrected chi connectivity index (χ0v) is 11.7. The SMILES string of the molecule is CCCC1CC1n1c(CCl)nc2cc(C)ccc21. The molecular formula is C15H19ClN2. The van der Waals surface area contributed by atoms with Crippen LogP contribution in [-0.2, 0) is 5.88 Å². The van der Waals surface area contributed by atoms with Gasteiger partial charge in [-0.1, -0.05) is 19.4 Å². The molecule has 2 atom stereocenters. The van der Waals surface area contributed by atoms with Crippen LogP contribution in [0.25, 0.3) is 11.0 Å². The number of aromatic nitrogens is 2. The van der Waals surface area contributed by atoms with Crippen LogP contribution in [0.2, 0.25) is 0 Å². The van der Waals surface area contributed by atoms with Crippen LogP contribution in [-0.4, -0.2) is 9.55 Å². The predicted octanol–water partition coefficient (Wildman–Crippen LogP) is 4.44. The molecule has 2 aromatic rings. The van der Waals surface area contributed by atoms with Crippen molar-refractivity contribution in [1.29, 1.82) is 0 Å². The normalized spacial score (nSPS) is 22.6. The third kappa shape index (κ3) is 1.93. The number of hydrogen-bond acceptors (Lipinski definition) is 1. The molecule has 0 bridgehead atoms. The van der Waals surface area contributed by atoms with Crippen molar-refractivity contribution >= 4 is 22.6 Å². The second-order valence-electron chi connectivity index (χ2n) is 5.38. The largest absolute Gasteiger partial charge is 0.324 e. The van der Waals surface area contributed by atoms with Crippen molar-refractivity contribution in [2.75, 3.05) is 0 Å². The first-order chi connectivity index (χ1) is 8.74. The molecule has 1 fully saturated rings. The molecule has 0 spiro atoms. The van der Waals surface area contributed by atoms with E-state index < -0.39 is 0 Å². The number of hydrogen-bond donors (Lipinski definition) is 0. The third-order valence-corrected chi connectivity index (χ3v) is 4.15. The summed E-state index contributed by atoms with van der Waals surface area (Å²) in [6, 6.07) is 7.13. The molecule has 18 heavy (non-hydrogen) atoms. The van der Waals surface area contributed by atoms with Crippen molar-refractivity contribution in [2.45, 2.75) is 45.0 Å². The summed E-state index contributed by atoms with van der Waals surface area (Å²) in [7, 11) is 0. The molecule has 0 amide bonds. The van der Waals surface area contributed by atoms with Gasteiger partial charge in [-0.25, -0.2) is 4.98 Å². The number of fused-ring (bicyclic) bond motifs is 1. The van der Waals surface area contributed by atoms with Crippen LogP contribution in [0.15, 0.2) is 18.2 Å². The number of benzene rings is 1. The Morgan fingerprint density at radius 3 is 3.00 bits per heavy atom. The Bertz CT molecular complexity index is 573. The van der Waals surface area contributed by atoms with Gasteiger partial charge in [-0.15, -0.1) is 11.6 Å². The van der Waals surface area contributed by atoms with Crippen LogP contribution in [0.5, 0.6) is 0 Å². The first-order valence-corrected chi connectivity index (χ1v) is 7.31. The highest BCUT2D eigenvalue weighted by Crippen LogP contribution is 2.48. The number of rotatable bonds is 4. The monoisotopic (exact) mass is 262 g/mol.